The number of hydrogen-bond acceptors (Lipinski definition) is 3. The molecule has 0 aliphatic carbocycles. The van der Waals surface area contributed by atoms with E-state index in [9.17, 15) is 8.42 Å². The third-order valence-corrected chi connectivity index (χ3v) is 4.97. The summed E-state index contributed by atoms with van der Waals surface area (Å²) in [4.78, 5) is 0.330. The van der Waals surface area contributed by atoms with Gasteiger partial charge in [-0.2, -0.15) is 4.31 Å². The number of aliphatic hydroxyl groups excluding tert-OH is 1. The largest absolute Gasteiger partial charge is 0.396 e. The minimum absolute atomic E-state index is 0.00835. The van der Waals surface area contributed by atoms with Crippen molar-refractivity contribution in [2.24, 2.45) is 0 Å². The Morgan fingerprint density at radius 3 is 2.11 bits per heavy atom. The molecule has 4 nitrogen and oxygen atoms in total. The molecule has 1 aromatic rings. The first-order chi connectivity index (χ1) is 8.78. The van der Waals surface area contributed by atoms with Crippen molar-refractivity contribution in [2.45, 2.75) is 45.1 Å². The van der Waals surface area contributed by atoms with Crippen LogP contribution in [0.15, 0.2) is 23.1 Å². The van der Waals surface area contributed by atoms with Gasteiger partial charge >= 0.3 is 0 Å². The molecule has 0 unspecified atom stereocenters. The quantitative estimate of drug-likeness (QED) is 0.870. The molecule has 0 aliphatic heterocycles. The lowest BCUT2D eigenvalue weighted by Crippen LogP contribution is -2.38. The zero-order valence-electron chi connectivity index (χ0n) is 12.0. The third-order valence-electron chi connectivity index (χ3n) is 2.91. The highest BCUT2D eigenvalue weighted by Gasteiger charge is 2.26. The van der Waals surface area contributed by atoms with Crippen molar-refractivity contribution in [3.63, 3.8) is 0 Å². The molecule has 1 N–H and O–H groups in total. The van der Waals surface area contributed by atoms with Crippen molar-refractivity contribution >= 4 is 10.0 Å². The Balaban J connectivity index is 3.18. The molecule has 0 saturated carbocycles. The van der Waals surface area contributed by atoms with Gasteiger partial charge in [0.2, 0.25) is 10.0 Å². The van der Waals surface area contributed by atoms with Crippen molar-refractivity contribution in [2.75, 3.05) is 13.2 Å². The van der Waals surface area contributed by atoms with Crippen LogP contribution in [0, 0.1) is 13.8 Å². The molecule has 0 bridgehead atoms. The number of aryl methyl sites for hydroxylation is 2. The second-order valence-corrected chi connectivity index (χ2v) is 7.00. The van der Waals surface area contributed by atoms with E-state index < -0.39 is 10.0 Å². The molecular weight excluding hydrogens is 262 g/mol. The molecule has 5 heteroatoms. The second-order valence-electron chi connectivity index (χ2n) is 5.11. The Hall–Kier alpha value is -0.910. The van der Waals surface area contributed by atoms with Crippen LogP contribution in [0.4, 0.5) is 0 Å². The minimum atomic E-state index is -3.50. The zero-order chi connectivity index (χ0) is 14.6. The van der Waals surface area contributed by atoms with E-state index in [1.54, 1.807) is 12.1 Å². The van der Waals surface area contributed by atoms with Crippen LogP contribution < -0.4 is 0 Å². The highest BCUT2D eigenvalue weighted by molar-refractivity contribution is 7.89. The summed E-state index contributed by atoms with van der Waals surface area (Å²) in [6.45, 7) is 7.79. The number of benzene rings is 1. The van der Waals surface area contributed by atoms with Crippen LogP contribution in [0.5, 0.6) is 0 Å². The van der Waals surface area contributed by atoms with E-state index in [4.69, 9.17) is 5.11 Å². The third kappa shape index (κ3) is 4.03. The van der Waals surface area contributed by atoms with Gasteiger partial charge in [0, 0.05) is 19.2 Å². The van der Waals surface area contributed by atoms with Crippen LogP contribution in [-0.2, 0) is 10.0 Å². The van der Waals surface area contributed by atoms with Gasteiger partial charge in [0.1, 0.15) is 0 Å². The monoisotopic (exact) mass is 285 g/mol. The van der Waals surface area contributed by atoms with Crippen LogP contribution in [0.2, 0.25) is 0 Å². The SMILES string of the molecule is Cc1cc(C)cc(S(=O)(=O)N(CCCO)C(C)C)c1. The van der Waals surface area contributed by atoms with E-state index in [1.165, 1.54) is 4.31 Å². The van der Waals surface area contributed by atoms with Gasteiger partial charge in [-0.05, 0) is 57.4 Å². The molecule has 1 rings (SSSR count). The molecule has 0 amide bonds. The summed E-state index contributed by atoms with van der Waals surface area (Å²) in [5.41, 5.74) is 1.87. The molecule has 19 heavy (non-hydrogen) atoms. The molecule has 0 spiro atoms. The van der Waals surface area contributed by atoms with Gasteiger partial charge in [0.05, 0.1) is 4.90 Å². The van der Waals surface area contributed by atoms with Crippen molar-refractivity contribution in [1.82, 2.24) is 4.31 Å². The Morgan fingerprint density at radius 1 is 1.16 bits per heavy atom. The normalized spacial score (nSPS) is 12.4. The highest BCUT2D eigenvalue weighted by Crippen LogP contribution is 2.21. The fraction of sp³-hybridized carbons (Fsp3) is 0.571. The molecule has 108 valence electrons. The highest BCUT2D eigenvalue weighted by atomic mass is 32.2. The molecule has 0 saturated heterocycles. The fourth-order valence-electron chi connectivity index (χ4n) is 2.10. The van der Waals surface area contributed by atoms with Crippen LogP contribution in [0.25, 0.3) is 0 Å². The maximum absolute atomic E-state index is 12.6. The smallest absolute Gasteiger partial charge is 0.243 e. The molecular formula is C14H23NO3S. The average Bonchev–Trinajstić information content (AvgIpc) is 2.27. The van der Waals surface area contributed by atoms with Crippen molar-refractivity contribution in [1.29, 1.82) is 0 Å². The van der Waals surface area contributed by atoms with Crippen LogP contribution >= 0.6 is 0 Å². The van der Waals surface area contributed by atoms with E-state index >= 15 is 0 Å². The van der Waals surface area contributed by atoms with E-state index in [0.29, 0.717) is 17.9 Å². The number of rotatable bonds is 6. The van der Waals surface area contributed by atoms with E-state index in [0.717, 1.165) is 11.1 Å². The Labute approximate surface area is 116 Å². The van der Waals surface area contributed by atoms with Crippen LogP contribution in [-0.4, -0.2) is 37.0 Å². The average molecular weight is 285 g/mol. The first kappa shape index (κ1) is 16.1. The number of sulfonamides is 1. The molecule has 1 aromatic carbocycles. The van der Waals surface area contributed by atoms with Gasteiger partial charge in [0.15, 0.2) is 0 Å². The summed E-state index contributed by atoms with van der Waals surface area (Å²) in [5.74, 6) is 0. The van der Waals surface area contributed by atoms with E-state index in [1.807, 2.05) is 33.8 Å². The molecule has 0 aromatic heterocycles. The fourth-order valence-corrected chi connectivity index (χ4v) is 3.96. The summed E-state index contributed by atoms with van der Waals surface area (Å²) in [6, 6.07) is 5.21. The van der Waals surface area contributed by atoms with E-state index in [2.05, 4.69) is 0 Å². The summed E-state index contributed by atoms with van der Waals surface area (Å²) >= 11 is 0. The lowest BCUT2D eigenvalue weighted by molar-refractivity contribution is 0.258. The van der Waals surface area contributed by atoms with Gasteiger partial charge in [0.25, 0.3) is 0 Å². The minimum Gasteiger partial charge on any atom is -0.396 e. The van der Waals surface area contributed by atoms with Gasteiger partial charge in [-0.1, -0.05) is 6.07 Å². The van der Waals surface area contributed by atoms with E-state index in [-0.39, 0.29) is 12.6 Å². The lowest BCUT2D eigenvalue weighted by Gasteiger charge is -2.26. The molecule has 0 radical (unpaired) electrons. The second kappa shape index (κ2) is 6.50. The van der Waals surface area contributed by atoms with Crippen molar-refractivity contribution < 1.29 is 13.5 Å². The topological polar surface area (TPSA) is 57.6 Å². The van der Waals surface area contributed by atoms with Crippen molar-refractivity contribution in [3.8, 4) is 0 Å². The molecule has 0 aliphatic rings. The Morgan fingerprint density at radius 2 is 1.68 bits per heavy atom. The maximum atomic E-state index is 12.6. The molecule has 0 atom stereocenters. The lowest BCUT2D eigenvalue weighted by atomic mass is 10.2. The molecule has 0 heterocycles. The predicted molar refractivity (Wildman–Crippen MR) is 76.6 cm³/mol. The zero-order valence-corrected chi connectivity index (χ0v) is 12.9. The Bertz CT molecular complexity index is 503. The van der Waals surface area contributed by atoms with Gasteiger partial charge in [-0.15, -0.1) is 0 Å². The van der Waals surface area contributed by atoms with Crippen molar-refractivity contribution in [3.05, 3.63) is 29.3 Å². The summed E-state index contributed by atoms with van der Waals surface area (Å²) in [6.07, 6.45) is 0.447. The number of hydrogen-bond donors (Lipinski definition) is 1. The van der Waals surface area contributed by atoms with Crippen LogP contribution in [0.1, 0.15) is 31.4 Å². The van der Waals surface area contributed by atoms with Gasteiger partial charge in [-0.3, -0.25) is 0 Å². The number of nitrogens with zero attached hydrogens (tertiary/aromatic N) is 1. The summed E-state index contributed by atoms with van der Waals surface area (Å²) in [5, 5.41) is 8.90. The molecule has 0 fully saturated rings. The van der Waals surface area contributed by atoms with Gasteiger partial charge in [-0.25, -0.2) is 8.42 Å². The standard InChI is InChI=1S/C14H23NO3S/c1-11(2)15(6-5-7-16)19(17,18)14-9-12(3)8-13(4)10-14/h8-11,16H,5-7H2,1-4H3. The summed E-state index contributed by atoms with van der Waals surface area (Å²) in [7, 11) is -3.50. The predicted octanol–water partition coefficient (Wildman–Crippen LogP) is 2.08. The Kier molecular flexibility index (Phi) is 5.52. The van der Waals surface area contributed by atoms with Crippen LogP contribution in [0.3, 0.4) is 0 Å². The number of aliphatic hydroxyl groups is 1. The van der Waals surface area contributed by atoms with Gasteiger partial charge < -0.3 is 5.11 Å². The summed E-state index contributed by atoms with van der Waals surface area (Å²) < 4.78 is 26.7. The first-order valence-electron chi connectivity index (χ1n) is 6.50. The first-order valence-corrected chi connectivity index (χ1v) is 7.94. The maximum Gasteiger partial charge on any atom is 0.243 e.